The van der Waals surface area contributed by atoms with E-state index in [1.54, 1.807) is 16.8 Å². The monoisotopic (exact) mass is 268 g/mol. The Kier molecular flexibility index (Phi) is 2.80. The molecule has 0 bridgehead atoms. The van der Waals surface area contributed by atoms with Gasteiger partial charge in [-0.15, -0.1) is 11.3 Å². The number of hydrogen-bond acceptors (Lipinski definition) is 4. The van der Waals surface area contributed by atoms with Gasteiger partial charge < -0.3 is 4.57 Å². The van der Waals surface area contributed by atoms with Gasteiger partial charge in [0.05, 0.1) is 28.2 Å². The first kappa shape index (κ1) is 11.9. The fourth-order valence-electron chi connectivity index (χ4n) is 2.19. The summed E-state index contributed by atoms with van der Waals surface area (Å²) in [5, 5.41) is 11.0. The minimum Gasteiger partial charge on any atom is -0.320 e. The smallest absolute Gasteiger partial charge is 0.160 e. The zero-order valence-corrected chi connectivity index (χ0v) is 11.5. The molecule has 0 amide bonds. The predicted octanol–water partition coefficient (Wildman–Crippen LogP) is 3.61. The Morgan fingerprint density at radius 3 is 2.84 bits per heavy atom. The molecule has 0 fully saturated rings. The van der Waals surface area contributed by atoms with E-state index in [2.05, 4.69) is 34.5 Å². The summed E-state index contributed by atoms with van der Waals surface area (Å²) >= 11 is 1.56. The number of nitriles is 1. The summed E-state index contributed by atoms with van der Waals surface area (Å²) in [5.74, 6) is 0.862. The Labute approximate surface area is 115 Å². The van der Waals surface area contributed by atoms with Crippen LogP contribution in [-0.4, -0.2) is 14.5 Å². The fourth-order valence-corrected chi connectivity index (χ4v) is 2.73. The Hall–Kier alpha value is -2.19. The van der Waals surface area contributed by atoms with Crippen LogP contribution >= 0.6 is 11.3 Å². The van der Waals surface area contributed by atoms with Gasteiger partial charge in [-0.3, -0.25) is 0 Å². The number of aromatic nitrogens is 3. The molecule has 2 heterocycles. The van der Waals surface area contributed by atoms with Crippen molar-refractivity contribution in [1.82, 2.24) is 14.5 Å². The summed E-state index contributed by atoms with van der Waals surface area (Å²) in [6.45, 7) is 4.24. The number of thiazole rings is 1. The van der Waals surface area contributed by atoms with Crippen LogP contribution in [0, 0.1) is 11.3 Å². The maximum atomic E-state index is 8.97. The van der Waals surface area contributed by atoms with Gasteiger partial charge in [0.15, 0.2) is 5.82 Å². The molecular weight excluding hydrogens is 256 g/mol. The van der Waals surface area contributed by atoms with Crippen LogP contribution in [0.1, 0.15) is 25.5 Å². The molecule has 3 rings (SSSR count). The summed E-state index contributed by atoms with van der Waals surface area (Å²) in [5.41, 5.74) is 5.20. The van der Waals surface area contributed by atoms with E-state index in [9.17, 15) is 0 Å². The number of imidazole rings is 1. The van der Waals surface area contributed by atoms with E-state index in [1.807, 2.05) is 23.6 Å². The summed E-state index contributed by atoms with van der Waals surface area (Å²) in [6, 6.07) is 8.04. The van der Waals surface area contributed by atoms with Crippen LogP contribution < -0.4 is 0 Å². The van der Waals surface area contributed by atoms with Crippen molar-refractivity contribution >= 4 is 22.4 Å². The van der Waals surface area contributed by atoms with Gasteiger partial charge in [-0.1, -0.05) is 0 Å². The van der Waals surface area contributed by atoms with Crippen molar-refractivity contribution in [2.24, 2.45) is 0 Å². The average molecular weight is 268 g/mol. The largest absolute Gasteiger partial charge is 0.320 e. The van der Waals surface area contributed by atoms with Gasteiger partial charge in [-0.25, -0.2) is 9.97 Å². The summed E-state index contributed by atoms with van der Waals surface area (Å²) in [4.78, 5) is 8.98. The highest BCUT2D eigenvalue weighted by molar-refractivity contribution is 7.07. The van der Waals surface area contributed by atoms with Crippen molar-refractivity contribution in [2.75, 3.05) is 0 Å². The molecule has 0 aliphatic heterocycles. The highest BCUT2D eigenvalue weighted by Crippen LogP contribution is 2.28. The topological polar surface area (TPSA) is 54.5 Å². The van der Waals surface area contributed by atoms with E-state index < -0.39 is 0 Å². The lowest BCUT2D eigenvalue weighted by Gasteiger charge is -2.11. The van der Waals surface area contributed by atoms with Crippen molar-refractivity contribution in [1.29, 1.82) is 5.26 Å². The number of hydrogen-bond donors (Lipinski definition) is 0. The molecule has 0 saturated heterocycles. The Morgan fingerprint density at radius 1 is 1.37 bits per heavy atom. The van der Waals surface area contributed by atoms with Crippen molar-refractivity contribution in [3.63, 3.8) is 0 Å². The molecule has 0 unspecified atom stereocenters. The molecule has 19 heavy (non-hydrogen) atoms. The fraction of sp³-hybridized carbons (Fsp3) is 0.214. The SMILES string of the molecule is CC(C)n1c(-c2cscn2)nc2cc(C#N)ccc21. The maximum Gasteiger partial charge on any atom is 0.160 e. The van der Waals surface area contributed by atoms with Crippen LogP contribution in [0.15, 0.2) is 29.1 Å². The van der Waals surface area contributed by atoms with E-state index in [0.717, 1.165) is 22.6 Å². The van der Waals surface area contributed by atoms with Crippen LogP contribution in [0.4, 0.5) is 0 Å². The summed E-state index contributed by atoms with van der Waals surface area (Å²) in [6.07, 6.45) is 0. The zero-order chi connectivity index (χ0) is 13.4. The van der Waals surface area contributed by atoms with Gasteiger partial charge in [0.1, 0.15) is 5.69 Å². The normalized spacial score (nSPS) is 11.1. The van der Waals surface area contributed by atoms with E-state index >= 15 is 0 Å². The Balaban J connectivity index is 2.33. The Morgan fingerprint density at radius 2 is 2.21 bits per heavy atom. The van der Waals surface area contributed by atoms with Gasteiger partial charge in [-0.05, 0) is 32.0 Å². The van der Waals surface area contributed by atoms with E-state index in [4.69, 9.17) is 5.26 Å². The van der Waals surface area contributed by atoms with Crippen molar-refractivity contribution in [2.45, 2.75) is 19.9 Å². The molecule has 0 aliphatic carbocycles. The van der Waals surface area contributed by atoms with Crippen LogP contribution in [0.5, 0.6) is 0 Å². The first-order valence-corrected chi connectivity index (χ1v) is 6.95. The third kappa shape index (κ3) is 1.90. The minimum absolute atomic E-state index is 0.287. The molecule has 94 valence electrons. The second-order valence-electron chi connectivity index (χ2n) is 4.59. The highest BCUT2D eigenvalue weighted by atomic mass is 32.1. The minimum atomic E-state index is 0.287. The summed E-state index contributed by atoms with van der Waals surface area (Å²) in [7, 11) is 0. The summed E-state index contributed by atoms with van der Waals surface area (Å²) < 4.78 is 2.16. The van der Waals surface area contributed by atoms with Crippen molar-refractivity contribution < 1.29 is 0 Å². The first-order chi connectivity index (χ1) is 9.20. The highest BCUT2D eigenvalue weighted by Gasteiger charge is 2.16. The predicted molar refractivity (Wildman–Crippen MR) is 75.9 cm³/mol. The van der Waals surface area contributed by atoms with Crippen LogP contribution in [0.25, 0.3) is 22.6 Å². The van der Waals surface area contributed by atoms with Gasteiger partial charge in [0.2, 0.25) is 0 Å². The second kappa shape index (κ2) is 4.48. The molecule has 5 heteroatoms. The Bertz CT molecular complexity index is 763. The molecule has 0 radical (unpaired) electrons. The lowest BCUT2D eigenvalue weighted by molar-refractivity contribution is 0.623. The molecule has 0 atom stereocenters. The number of fused-ring (bicyclic) bond motifs is 1. The molecule has 3 aromatic rings. The number of rotatable bonds is 2. The molecule has 1 aromatic carbocycles. The average Bonchev–Trinajstić information content (AvgIpc) is 3.04. The molecule has 0 spiro atoms. The quantitative estimate of drug-likeness (QED) is 0.713. The standard InChI is InChI=1S/C14H12N4S/c1-9(2)18-13-4-3-10(6-15)5-11(13)17-14(18)12-7-19-8-16-12/h3-5,7-9H,1-2H3. The molecule has 4 nitrogen and oxygen atoms in total. The van der Waals surface area contributed by atoms with Crippen molar-refractivity contribution in [3.8, 4) is 17.6 Å². The van der Waals surface area contributed by atoms with E-state index in [-0.39, 0.29) is 6.04 Å². The van der Waals surface area contributed by atoms with Crippen LogP contribution in [0.3, 0.4) is 0 Å². The van der Waals surface area contributed by atoms with Crippen LogP contribution in [0.2, 0.25) is 0 Å². The maximum absolute atomic E-state index is 8.97. The van der Waals surface area contributed by atoms with E-state index in [0.29, 0.717) is 5.56 Å². The number of benzene rings is 1. The van der Waals surface area contributed by atoms with Gasteiger partial charge in [0.25, 0.3) is 0 Å². The van der Waals surface area contributed by atoms with E-state index in [1.165, 1.54) is 0 Å². The molecular formula is C14H12N4S. The van der Waals surface area contributed by atoms with Crippen molar-refractivity contribution in [3.05, 3.63) is 34.7 Å². The van der Waals surface area contributed by atoms with Gasteiger partial charge in [0, 0.05) is 11.4 Å². The number of nitrogens with zero attached hydrogens (tertiary/aromatic N) is 4. The van der Waals surface area contributed by atoms with Crippen LogP contribution in [-0.2, 0) is 0 Å². The van der Waals surface area contributed by atoms with Gasteiger partial charge >= 0.3 is 0 Å². The lowest BCUT2D eigenvalue weighted by atomic mass is 10.2. The molecule has 0 aliphatic rings. The molecule has 2 aromatic heterocycles. The third-order valence-corrected chi connectivity index (χ3v) is 3.58. The first-order valence-electron chi connectivity index (χ1n) is 6.01. The molecule has 0 N–H and O–H groups in total. The third-order valence-electron chi connectivity index (χ3n) is 3.00. The lowest BCUT2D eigenvalue weighted by Crippen LogP contribution is -2.03. The second-order valence-corrected chi connectivity index (χ2v) is 5.31. The molecule has 0 saturated carbocycles. The van der Waals surface area contributed by atoms with Gasteiger partial charge in [-0.2, -0.15) is 5.26 Å². The zero-order valence-electron chi connectivity index (χ0n) is 10.7.